The number of benzene rings is 2. The highest BCUT2D eigenvalue weighted by Crippen LogP contribution is 2.26. The molecule has 0 saturated heterocycles. The van der Waals surface area contributed by atoms with Crippen molar-refractivity contribution in [2.24, 2.45) is 4.99 Å². The molecule has 3 aromatic heterocycles. The number of pyridine rings is 1. The lowest BCUT2D eigenvalue weighted by molar-refractivity contribution is -0.671. The second-order valence-corrected chi connectivity index (χ2v) is 9.83. The van der Waals surface area contributed by atoms with Gasteiger partial charge in [0, 0.05) is 17.8 Å². The summed E-state index contributed by atoms with van der Waals surface area (Å²) in [6.45, 7) is 0.740. The van der Waals surface area contributed by atoms with Crippen molar-refractivity contribution in [3.8, 4) is 17.0 Å². The van der Waals surface area contributed by atoms with Gasteiger partial charge in [-0.05, 0) is 23.3 Å². The zero-order valence-corrected chi connectivity index (χ0v) is 21.4. The predicted octanol–water partition coefficient (Wildman–Crippen LogP) is 4.22. The van der Waals surface area contributed by atoms with Crippen molar-refractivity contribution >= 4 is 34.4 Å². The molecule has 2 N–H and O–H groups in total. The van der Waals surface area contributed by atoms with Gasteiger partial charge in [0.05, 0.1) is 24.7 Å². The number of nitrogens with zero attached hydrogens (tertiary/aromatic N) is 4. The summed E-state index contributed by atoms with van der Waals surface area (Å²) in [4.78, 5) is 28.3. The van der Waals surface area contributed by atoms with Crippen LogP contribution in [0.3, 0.4) is 0 Å². The van der Waals surface area contributed by atoms with Crippen molar-refractivity contribution in [3.05, 3.63) is 116 Å². The maximum Gasteiger partial charge on any atom is 0.354 e. The van der Waals surface area contributed by atoms with Gasteiger partial charge >= 0.3 is 5.56 Å². The van der Waals surface area contributed by atoms with Crippen LogP contribution in [0.1, 0.15) is 16.0 Å². The average molecular weight is 533 g/mol. The maximum absolute atomic E-state index is 13.6. The van der Waals surface area contributed by atoms with Crippen LogP contribution in [0.5, 0.6) is 5.88 Å². The fourth-order valence-corrected chi connectivity index (χ4v) is 5.03. The highest BCUT2D eigenvalue weighted by Gasteiger charge is 2.26. The normalized spacial score (nSPS) is 11.7. The molecule has 0 atom stereocenters. The molecule has 0 aliphatic rings. The Morgan fingerprint density at radius 2 is 1.97 bits per heavy atom. The monoisotopic (exact) mass is 532 g/mol. The first-order valence-electron chi connectivity index (χ1n) is 11.4. The summed E-state index contributed by atoms with van der Waals surface area (Å²) in [5.41, 5.74) is 5.49. The van der Waals surface area contributed by atoms with Crippen LogP contribution < -0.4 is 15.6 Å². The molecule has 3 heterocycles. The molecule has 0 fully saturated rings. The Morgan fingerprint density at radius 3 is 2.73 bits per heavy atom. The van der Waals surface area contributed by atoms with Crippen LogP contribution in [0.4, 0.5) is 0 Å². The Kier molecular flexibility index (Phi) is 7.27. The van der Waals surface area contributed by atoms with Crippen LogP contribution in [0.25, 0.3) is 16.8 Å². The molecule has 0 aliphatic carbocycles. The molecule has 0 spiro atoms. The minimum atomic E-state index is -0.341. The minimum Gasteiger partial charge on any atom is -0.477 e. The average Bonchev–Trinajstić information content (AvgIpc) is 3.34. The summed E-state index contributed by atoms with van der Waals surface area (Å²) in [6.07, 6.45) is 3.34. The molecule has 5 aromatic rings. The number of amidine groups is 1. The number of hydrogen-bond donors (Lipinski definition) is 2. The molecular formula is C27H23ClN5O3S+. The van der Waals surface area contributed by atoms with Crippen LogP contribution in [0, 0.1) is 0 Å². The number of rotatable bonds is 7. The van der Waals surface area contributed by atoms with E-state index < -0.39 is 0 Å². The summed E-state index contributed by atoms with van der Waals surface area (Å²) in [7, 11) is 1.51. The number of nitrogens with one attached hydrogen (secondary N) is 1. The molecule has 0 unspecified atom stereocenters. The second-order valence-electron chi connectivity index (χ2n) is 8.14. The van der Waals surface area contributed by atoms with Crippen molar-refractivity contribution in [1.29, 1.82) is 0 Å². The van der Waals surface area contributed by atoms with E-state index in [2.05, 4.69) is 15.5 Å². The van der Waals surface area contributed by atoms with E-state index in [9.17, 15) is 9.90 Å². The number of fused-ring (bicyclic) bond motifs is 1. The third kappa shape index (κ3) is 5.24. The van der Waals surface area contributed by atoms with Crippen LogP contribution in [0.15, 0.2) is 95.0 Å². The largest absolute Gasteiger partial charge is 0.477 e. The Morgan fingerprint density at radius 1 is 1.16 bits per heavy atom. The number of aromatic hydroxyl groups is 1. The lowest BCUT2D eigenvalue weighted by Crippen LogP contribution is -2.41. The lowest BCUT2D eigenvalue weighted by Gasteiger charge is -2.12. The van der Waals surface area contributed by atoms with E-state index in [1.54, 1.807) is 41.2 Å². The van der Waals surface area contributed by atoms with Gasteiger partial charge in [-0.3, -0.25) is 9.83 Å². The van der Waals surface area contributed by atoms with Crippen LogP contribution in [-0.4, -0.2) is 27.4 Å². The van der Waals surface area contributed by atoms with Crippen LogP contribution in [-0.2, 0) is 17.9 Å². The van der Waals surface area contributed by atoms with Gasteiger partial charge < -0.3 is 5.11 Å². The zero-order chi connectivity index (χ0) is 25.8. The van der Waals surface area contributed by atoms with Gasteiger partial charge in [-0.25, -0.2) is 15.3 Å². The first-order chi connectivity index (χ1) is 18.0. The molecule has 0 amide bonds. The zero-order valence-electron chi connectivity index (χ0n) is 19.8. The van der Waals surface area contributed by atoms with E-state index in [1.807, 2.05) is 48.5 Å². The third-order valence-electron chi connectivity index (χ3n) is 5.75. The van der Waals surface area contributed by atoms with Crippen molar-refractivity contribution in [1.82, 2.24) is 14.9 Å². The first-order valence-corrected chi connectivity index (χ1v) is 12.6. The quantitative estimate of drug-likeness (QED) is 0.142. The fourth-order valence-electron chi connectivity index (χ4n) is 4.06. The van der Waals surface area contributed by atoms with E-state index in [-0.39, 0.29) is 17.0 Å². The maximum atomic E-state index is 13.6. The Balaban J connectivity index is 1.62. The topological polar surface area (TPSA) is 92.1 Å². The Bertz CT molecular complexity index is 1650. The molecule has 0 radical (unpaired) electrons. The second kappa shape index (κ2) is 10.9. The molecule has 0 aliphatic heterocycles. The Labute approximate surface area is 221 Å². The van der Waals surface area contributed by atoms with E-state index in [1.165, 1.54) is 22.8 Å². The number of thiazole rings is 1. The number of aliphatic imine (C=N–C) groups is 1. The standard InChI is InChI=1S/C27H22ClN5O3S/c1-36-31-24(29-15-18-8-3-2-4-9-18)20-11-7-10-19(14-20)23-25(34)32-13-6-5-12-22(32)33(26(23)35)17-21-16-30-27(28)37-21/h2-14,16H,15,17H2,1H3,(H-,29,31,34,35)/p+1. The van der Waals surface area contributed by atoms with E-state index >= 15 is 0 Å². The van der Waals surface area contributed by atoms with Crippen molar-refractivity contribution < 1.29 is 14.5 Å². The number of aromatic nitrogens is 3. The molecule has 0 saturated carbocycles. The third-order valence-corrected chi connectivity index (χ3v) is 6.85. The summed E-state index contributed by atoms with van der Waals surface area (Å²) in [6, 6.07) is 22.5. The molecule has 10 heteroatoms. The molecule has 37 heavy (non-hydrogen) atoms. The van der Waals surface area contributed by atoms with Crippen LogP contribution >= 0.6 is 22.9 Å². The summed E-state index contributed by atoms with van der Waals surface area (Å²) < 4.78 is 3.60. The summed E-state index contributed by atoms with van der Waals surface area (Å²) >= 11 is 7.35. The number of hydrogen-bond acceptors (Lipinski definition) is 6. The molecule has 8 nitrogen and oxygen atoms in total. The fraction of sp³-hybridized carbons (Fsp3) is 0.111. The Hall–Kier alpha value is -4.05. The molecule has 186 valence electrons. The van der Waals surface area contributed by atoms with Gasteiger partial charge in [0.2, 0.25) is 0 Å². The summed E-state index contributed by atoms with van der Waals surface area (Å²) in [5, 5.41) is 11.4. The summed E-state index contributed by atoms with van der Waals surface area (Å²) in [5.74, 6) is 0.348. The predicted molar refractivity (Wildman–Crippen MR) is 144 cm³/mol. The minimum absolute atomic E-state index is 0.152. The van der Waals surface area contributed by atoms with Gasteiger partial charge in [0.15, 0.2) is 15.9 Å². The van der Waals surface area contributed by atoms with Gasteiger partial charge in [-0.1, -0.05) is 66.2 Å². The van der Waals surface area contributed by atoms with Crippen molar-refractivity contribution in [2.45, 2.75) is 13.1 Å². The van der Waals surface area contributed by atoms with Gasteiger partial charge in [-0.2, -0.15) is 8.97 Å². The van der Waals surface area contributed by atoms with E-state index in [4.69, 9.17) is 16.4 Å². The van der Waals surface area contributed by atoms with Gasteiger partial charge in [0.1, 0.15) is 6.54 Å². The van der Waals surface area contributed by atoms with Gasteiger partial charge in [-0.15, -0.1) is 11.3 Å². The lowest BCUT2D eigenvalue weighted by atomic mass is 10.0. The van der Waals surface area contributed by atoms with E-state index in [0.717, 1.165) is 10.4 Å². The number of halogens is 1. The molecule has 5 rings (SSSR count). The highest BCUT2D eigenvalue weighted by molar-refractivity contribution is 7.15. The van der Waals surface area contributed by atoms with Crippen LogP contribution in [0.2, 0.25) is 4.47 Å². The SMILES string of the molecule is CONC(=NCc1ccccc1)c1cccc(-c2c(O)[n+](Cc3cnc(Cl)s3)c3ccccn3c2=O)c1. The van der Waals surface area contributed by atoms with Gasteiger partial charge in [0.25, 0.3) is 11.5 Å². The first kappa shape index (κ1) is 24.6. The molecule has 0 bridgehead atoms. The number of hydroxylamine groups is 1. The molecular weight excluding hydrogens is 510 g/mol. The van der Waals surface area contributed by atoms with Crippen molar-refractivity contribution in [3.63, 3.8) is 0 Å². The smallest absolute Gasteiger partial charge is 0.354 e. The van der Waals surface area contributed by atoms with Crippen molar-refractivity contribution in [2.75, 3.05) is 7.11 Å². The highest BCUT2D eigenvalue weighted by atomic mass is 35.5. The van der Waals surface area contributed by atoms with E-state index in [0.29, 0.717) is 40.2 Å². The molecule has 2 aromatic carbocycles.